The van der Waals surface area contributed by atoms with E-state index in [1.54, 1.807) is 0 Å². The first-order valence-corrected chi connectivity index (χ1v) is 6.80. The summed E-state index contributed by atoms with van der Waals surface area (Å²) in [6.45, 7) is 1.82. The van der Waals surface area contributed by atoms with Crippen LogP contribution in [0.3, 0.4) is 0 Å². The topological polar surface area (TPSA) is 73.1 Å². The van der Waals surface area contributed by atoms with E-state index >= 15 is 0 Å². The van der Waals surface area contributed by atoms with Gasteiger partial charge in [-0.1, -0.05) is 6.92 Å². The van der Waals surface area contributed by atoms with Crippen molar-refractivity contribution in [3.8, 4) is 0 Å². The Hall–Kier alpha value is -1.01. The van der Waals surface area contributed by atoms with E-state index < -0.39 is 15.7 Å². The van der Waals surface area contributed by atoms with Crippen LogP contribution in [0.25, 0.3) is 0 Å². The van der Waals surface area contributed by atoms with Gasteiger partial charge in [0.15, 0.2) is 9.84 Å². The summed E-state index contributed by atoms with van der Waals surface area (Å²) in [5.41, 5.74) is 5.92. The van der Waals surface area contributed by atoms with Gasteiger partial charge in [-0.2, -0.15) is 0 Å². The van der Waals surface area contributed by atoms with Crippen molar-refractivity contribution in [2.24, 2.45) is 5.73 Å². The molecule has 1 aromatic heterocycles. The average molecular weight is 246 g/mol. The van der Waals surface area contributed by atoms with Gasteiger partial charge in [-0.25, -0.2) is 12.8 Å². The number of hydrogen-bond acceptors (Lipinski definition) is 4. The lowest BCUT2D eigenvalue weighted by atomic mass is 10.3. The molecule has 0 aliphatic carbocycles. The van der Waals surface area contributed by atoms with Crippen molar-refractivity contribution in [3.63, 3.8) is 0 Å². The molecule has 0 aromatic carbocycles. The van der Waals surface area contributed by atoms with Crippen LogP contribution in [-0.2, 0) is 15.6 Å². The van der Waals surface area contributed by atoms with Gasteiger partial charge in [-0.05, 0) is 18.1 Å². The molecule has 0 aliphatic heterocycles. The molecule has 0 fully saturated rings. The second-order valence-electron chi connectivity index (χ2n) is 3.73. The zero-order valence-corrected chi connectivity index (χ0v) is 9.87. The first-order chi connectivity index (χ1) is 7.43. The highest BCUT2D eigenvalue weighted by molar-refractivity contribution is 7.90. The Kier molecular flexibility index (Phi) is 4.37. The molecule has 0 bridgehead atoms. The summed E-state index contributed by atoms with van der Waals surface area (Å²) in [6.07, 6.45) is 2.98. The van der Waals surface area contributed by atoms with Crippen LogP contribution >= 0.6 is 0 Å². The average Bonchev–Trinajstić information content (AvgIpc) is 2.15. The van der Waals surface area contributed by atoms with E-state index in [0.717, 1.165) is 6.20 Å². The molecular formula is C10H15FN2O2S. The third kappa shape index (κ3) is 4.24. The van der Waals surface area contributed by atoms with Crippen molar-refractivity contribution in [1.29, 1.82) is 0 Å². The summed E-state index contributed by atoms with van der Waals surface area (Å²) < 4.78 is 36.1. The monoisotopic (exact) mass is 246 g/mol. The number of nitrogens with two attached hydrogens (primary N) is 1. The van der Waals surface area contributed by atoms with E-state index in [9.17, 15) is 12.8 Å². The van der Waals surface area contributed by atoms with E-state index in [4.69, 9.17) is 5.73 Å². The predicted molar refractivity (Wildman–Crippen MR) is 60.0 cm³/mol. The molecule has 1 heterocycles. The van der Waals surface area contributed by atoms with Crippen molar-refractivity contribution in [3.05, 3.63) is 29.8 Å². The van der Waals surface area contributed by atoms with Gasteiger partial charge < -0.3 is 5.73 Å². The Labute approximate surface area is 94.6 Å². The molecule has 0 spiro atoms. The number of nitrogens with zero attached hydrogens (tertiary/aromatic N) is 1. The number of halogens is 1. The lowest BCUT2D eigenvalue weighted by molar-refractivity contribution is 0.582. The Morgan fingerprint density at radius 3 is 2.75 bits per heavy atom. The second kappa shape index (κ2) is 5.36. The second-order valence-corrected chi connectivity index (χ2v) is 5.84. The summed E-state index contributed by atoms with van der Waals surface area (Å²) in [4.78, 5) is 3.60. The number of rotatable bonds is 5. The molecule has 1 rings (SSSR count). The van der Waals surface area contributed by atoms with E-state index in [2.05, 4.69) is 4.98 Å². The Morgan fingerprint density at radius 1 is 1.50 bits per heavy atom. The Morgan fingerprint density at radius 2 is 2.19 bits per heavy atom. The summed E-state index contributed by atoms with van der Waals surface area (Å²) in [5, 5.41) is 0. The third-order valence-corrected chi connectivity index (χ3v) is 3.85. The highest BCUT2D eigenvalue weighted by Crippen LogP contribution is 2.08. The summed E-state index contributed by atoms with van der Waals surface area (Å²) in [5.74, 6) is -0.835. The van der Waals surface area contributed by atoms with Crippen molar-refractivity contribution in [1.82, 2.24) is 4.98 Å². The Bertz CT molecular complexity index is 448. The van der Waals surface area contributed by atoms with Crippen molar-refractivity contribution < 1.29 is 12.8 Å². The molecular weight excluding hydrogens is 231 g/mol. The van der Waals surface area contributed by atoms with Crippen LogP contribution < -0.4 is 5.73 Å². The fourth-order valence-electron chi connectivity index (χ4n) is 1.29. The highest BCUT2D eigenvalue weighted by atomic mass is 32.2. The molecule has 90 valence electrons. The van der Waals surface area contributed by atoms with E-state index in [0.29, 0.717) is 12.0 Å². The van der Waals surface area contributed by atoms with Gasteiger partial charge in [0.1, 0.15) is 5.82 Å². The van der Waals surface area contributed by atoms with Crippen LogP contribution in [0.4, 0.5) is 4.39 Å². The maximum absolute atomic E-state index is 12.8. The molecule has 4 nitrogen and oxygen atoms in total. The summed E-state index contributed by atoms with van der Waals surface area (Å²) >= 11 is 0. The van der Waals surface area contributed by atoms with Gasteiger partial charge in [0.2, 0.25) is 0 Å². The van der Waals surface area contributed by atoms with E-state index in [-0.39, 0.29) is 17.5 Å². The smallest absolute Gasteiger partial charge is 0.156 e. The van der Waals surface area contributed by atoms with Crippen molar-refractivity contribution >= 4 is 9.84 Å². The van der Waals surface area contributed by atoms with Crippen molar-refractivity contribution in [2.45, 2.75) is 25.1 Å². The summed E-state index contributed by atoms with van der Waals surface area (Å²) in [6, 6.07) is 0.800. The maximum atomic E-state index is 12.8. The molecule has 16 heavy (non-hydrogen) atoms. The molecule has 0 aliphatic rings. The highest BCUT2D eigenvalue weighted by Gasteiger charge is 2.16. The molecule has 1 atom stereocenters. The number of aromatic nitrogens is 1. The van der Waals surface area contributed by atoms with Gasteiger partial charge >= 0.3 is 0 Å². The number of pyridine rings is 1. The lowest BCUT2D eigenvalue weighted by Gasteiger charge is -2.09. The van der Waals surface area contributed by atoms with Crippen LogP contribution in [0, 0.1) is 5.82 Å². The molecule has 1 aromatic rings. The molecule has 2 N–H and O–H groups in total. The van der Waals surface area contributed by atoms with E-state index in [1.807, 2.05) is 6.92 Å². The fourth-order valence-corrected chi connectivity index (χ4v) is 2.96. The fraction of sp³-hybridized carbons (Fsp3) is 0.500. The van der Waals surface area contributed by atoms with Gasteiger partial charge in [0.25, 0.3) is 0 Å². The standard InChI is InChI=1S/C10H15FN2O2S/c1-2-10(12)7-16(14,15)6-8-3-9(11)5-13-4-8/h3-5,10H,2,6-7,12H2,1H3. The zero-order valence-electron chi connectivity index (χ0n) is 9.06. The minimum Gasteiger partial charge on any atom is -0.327 e. The quantitative estimate of drug-likeness (QED) is 0.836. The lowest BCUT2D eigenvalue weighted by Crippen LogP contribution is -2.29. The minimum atomic E-state index is -3.29. The third-order valence-electron chi connectivity index (χ3n) is 2.14. The first-order valence-electron chi connectivity index (χ1n) is 4.98. The molecule has 1 unspecified atom stereocenters. The van der Waals surface area contributed by atoms with Crippen LogP contribution in [0.2, 0.25) is 0 Å². The van der Waals surface area contributed by atoms with E-state index in [1.165, 1.54) is 12.3 Å². The van der Waals surface area contributed by atoms with Gasteiger partial charge in [0, 0.05) is 12.2 Å². The molecule has 0 amide bonds. The predicted octanol–water partition coefficient (Wildman–Crippen LogP) is 0.873. The molecule has 6 heteroatoms. The SMILES string of the molecule is CCC(N)CS(=O)(=O)Cc1cncc(F)c1. The van der Waals surface area contributed by atoms with Gasteiger partial charge in [-0.15, -0.1) is 0 Å². The minimum absolute atomic E-state index is 0.0833. The summed E-state index contributed by atoms with van der Waals surface area (Å²) in [7, 11) is -3.29. The molecule has 0 radical (unpaired) electrons. The van der Waals surface area contributed by atoms with Crippen molar-refractivity contribution in [2.75, 3.05) is 5.75 Å². The van der Waals surface area contributed by atoms with Crippen LogP contribution in [0.15, 0.2) is 18.5 Å². The zero-order chi connectivity index (χ0) is 12.2. The maximum Gasteiger partial charge on any atom is 0.156 e. The number of sulfone groups is 1. The molecule has 0 saturated carbocycles. The van der Waals surface area contributed by atoms with Gasteiger partial charge in [0.05, 0.1) is 17.7 Å². The largest absolute Gasteiger partial charge is 0.327 e. The Balaban J connectivity index is 2.73. The van der Waals surface area contributed by atoms with Gasteiger partial charge in [-0.3, -0.25) is 4.98 Å². The first kappa shape index (κ1) is 13.1. The molecule has 0 saturated heterocycles. The van der Waals surface area contributed by atoms with Crippen LogP contribution in [0.5, 0.6) is 0 Å². The van der Waals surface area contributed by atoms with Crippen LogP contribution in [0.1, 0.15) is 18.9 Å². The van der Waals surface area contributed by atoms with Crippen LogP contribution in [-0.4, -0.2) is 25.2 Å². The number of hydrogen-bond donors (Lipinski definition) is 1. The normalized spacial score (nSPS) is 13.7.